The summed E-state index contributed by atoms with van der Waals surface area (Å²) in [7, 11) is 0. The minimum atomic E-state index is -0.907. The lowest BCUT2D eigenvalue weighted by Crippen LogP contribution is -2.35. The highest BCUT2D eigenvalue weighted by Crippen LogP contribution is 2.31. The van der Waals surface area contributed by atoms with Crippen molar-refractivity contribution in [3.05, 3.63) is 69.3 Å². The van der Waals surface area contributed by atoms with E-state index in [4.69, 9.17) is 27.9 Å². The van der Waals surface area contributed by atoms with Crippen molar-refractivity contribution in [1.82, 2.24) is 10.3 Å². The highest BCUT2D eigenvalue weighted by molar-refractivity contribution is 6.42. The van der Waals surface area contributed by atoms with Crippen LogP contribution in [0.4, 0.5) is 0 Å². The summed E-state index contributed by atoms with van der Waals surface area (Å²) in [5.41, 5.74) is 3.08. The molecule has 0 radical (unpaired) electrons. The molecule has 0 saturated carbocycles. The zero-order valence-corrected chi connectivity index (χ0v) is 17.0. The van der Waals surface area contributed by atoms with Gasteiger partial charge in [-0.05, 0) is 44.2 Å². The Kier molecular flexibility index (Phi) is 6.39. The molecule has 0 fully saturated rings. The van der Waals surface area contributed by atoms with Crippen molar-refractivity contribution in [2.75, 3.05) is 13.2 Å². The fourth-order valence-corrected chi connectivity index (χ4v) is 3.15. The van der Waals surface area contributed by atoms with Crippen LogP contribution >= 0.6 is 23.2 Å². The first-order chi connectivity index (χ1) is 13.3. The van der Waals surface area contributed by atoms with Gasteiger partial charge in [-0.2, -0.15) is 0 Å². The number of amides is 1. The van der Waals surface area contributed by atoms with E-state index < -0.39 is 6.10 Å². The lowest BCUT2D eigenvalue weighted by atomic mass is 10.0. The number of aliphatic hydroxyl groups is 1. The molecule has 0 aliphatic carbocycles. The summed E-state index contributed by atoms with van der Waals surface area (Å²) in [5.74, 6) is 0.103. The van der Waals surface area contributed by atoms with Crippen LogP contribution in [0, 0.1) is 13.8 Å². The monoisotopic (exact) mass is 418 g/mol. The SMILES string of the molecule is Cc1ccc2nc(C)cc(C(=O)NCC(O)COc3cccc(Cl)c3Cl)c2c1. The smallest absolute Gasteiger partial charge is 0.252 e. The Bertz CT molecular complexity index is 1020. The number of rotatable bonds is 6. The minimum absolute atomic E-state index is 0.0322. The zero-order chi connectivity index (χ0) is 20.3. The molecule has 1 heterocycles. The summed E-state index contributed by atoms with van der Waals surface area (Å²) >= 11 is 12.0. The van der Waals surface area contributed by atoms with Gasteiger partial charge in [0.2, 0.25) is 0 Å². The van der Waals surface area contributed by atoms with Crippen LogP contribution in [0.2, 0.25) is 10.0 Å². The first kappa shape index (κ1) is 20.4. The van der Waals surface area contributed by atoms with Crippen molar-refractivity contribution in [2.45, 2.75) is 20.0 Å². The van der Waals surface area contributed by atoms with Crippen LogP contribution in [-0.4, -0.2) is 35.3 Å². The predicted octanol–water partition coefficient (Wildman–Crippen LogP) is 4.33. The van der Waals surface area contributed by atoms with Crippen LogP contribution in [0.1, 0.15) is 21.6 Å². The molecule has 1 aromatic heterocycles. The Balaban J connectivity index is 1.64. The molecular weight excluding hydrogens is 399 g/mol. The van der Waals surface area contributed by atoms with Crippen molar-refractivity contribution >= 4 is 40.0 Å². The molecule has 3 aromatic rings. The number of aromatic nitrogens is 1. The van der Waals surface area contributed by atoms with Crippen LogP contribution in [0.3, 0.4) is 0 Å². The molecule has 1 amide bonds. The third-order valence-electron chi connectivity index (χ3n) is 4.18. The van der Waals surface area contributed by atoms with Crippen LogP contribution in [0.25, 0.3) is 10.9 Å². The number of halogens is 2. The highest BCUT2D eigenvalue weighted by atomic mass is 35.5. The number of pyridine rings is 1. The Labute approximate surface area is 173 Å². The Hall–Kier alpha value is -2.34. The number of carbonyl (C=O) groups excluding carboxylic acids is 1. The van der Waals surface area contributed by atoms with Crippen molar-refractivity contribution in [3.8, 4) is 5.75 Å². The highest BCUT2D eigenvalue weighted by Gasteiger charge is 2.15. The molecule has 146 valence electrons. The first-order valence-corrected chi connectivity index (χ1v) is 9.52. The number of nitrogens with zero attached hydrogens (tertiary/aromatic N) is 1. The van der Waals surface area contributed by atoms with Crippen molar-refractivity contribution in [1.29, 1.82) is 0 Å². The Morgan fingerprint density at radius 1 is 1.21 bits per heavy atom. The van der Waals surface area contributed by atoms with Crippen LogP contribution < -0.4 is 10.1 Å². The number of nitrogens with one attached hydrogen (secondary N) is 1. The normalized spacial score (nSPS) is 12.0. The van der Waals surface area contributed by atoms with Gasteiger partial charge in [-0.25, -0.2) is 0 Å². The molecule has 0 spiro atoms. The summed E-state index contributed by atoms with van der Waals surface area (Å²) in [6.45, 7) is 3.80. The summed E-state index contributed by atoms with van der Waals surface area (Å²) in [6, 6.07) is 12.5. The molecule has 28 heavy (non-hydrogen) atoms. The first-order valence-electron chi connectivity index (χ1n) is 8.76. The molecule has 0 bridgehead atoms. The number of fused-ring (bicyclic) bond motifs is 1. The van der Waals surface area contributed by atoms with Gasteiger partial charge in [0, 0.05) is 17.6 Å². The van der Waals surface area contributed by atoms with Gasteiger partial charge in [-0.15, -0.1) is 0 Å². The average molecular weight is 419 g/mol. The van der Waals surface area contributed by atoms with E-state index in [-0.39, 0.29) is 24.1 Å². The van der Waals surface area contributed by atoms with Crippen LogP contribution in [0.5, 0.6) is 5.75 Å². The van der Waals surface area contributed by atoms with Crippen molar-refractivity contribution in [2.24, 2.45) is 0 Å². The second-order valence-electron chi connectivity index (χ2n) is 6.56. The molecular formula is C21H20Cl2N2O3. The maximum absolute atomic E-state index is 12.7. The van der Waals surface area contributed by atoms with Crippen molar-refractivity contribution in [3.63, 3.8) is 0 Å². The quantitative estimate of drug-likeness (QED) is 0.624. The molecule has 7 heteroatoms. The van der Waals surface area contributed by atoms with Crippen molar-refractivity contribution < 1.29 is 14.6 Å². The maximum atomic E-state index is 12.7. The standard InChI is InChI=1S/C21H20Cl2N2O3/c1-12-6-7-18-15(8-12)16(9-13(2)25-18)21(27)24-10-14(26)11-28-19-5-3-4-17(22)20(19)23/h3-9,14,26H,10-11H2,1-2H3,(H,24,27). The molecule has 2 N–H and O–H groups in total. The number of aryl methyl sites for hydroxylation is 2. The van der Waals surface area contributed by atoms with E-state index >= 15 is 0 Å². The van der Waals surface area contributed by atoms with E-state index in [1.54, 1.807) is 24.3 Å². The number of carbonyl (C=O) groups is 1. The maximum Gasteiger partial charge on any atom is 0.252 e. The number of hydrogen-bond donors (Lipinski definition) is 2. The Morgan fingerprint density at radius 2 is 2.00 bits per heavy atom. The third-order valence-corrected chi connectivity index (χ3v) is 4.98. The average Bonchev–Trinajstić information content (AvgIpc) is 2.67. The summed E-state index contributed by atoms with van der Waals surface area (Å²) in [4.78, 5) is 17.1. The lowest BCUT2D eigenvalue weighted by molar-refractivity contribution is 0.0845. The van der Waals surface area contributed by atoms with Gasteiger partial charge in [-0.1, -0.05) is 40.9 Å². The second-order valence-corrected chi connectivity index (χ2v) is 7.34. The molecule has 3 rings (SSSR count). The predicted molar refractivity (Wildman–Crippen MR) is 112 cm³/mol. The van der Waals surface area contributed by atoms with E-state index in [0.29, 0.717) is 16.3 Å². The Morgan fingerprint density at radius 3 is 2.79 bits per heavy atom. The minimum Gasteiger partial charge on any atom is -0.489 e. The van der Waals surface area contributed by atoms with E-state index in [1.165, 1.54) is 0 Å². The van der Waals surface area contributed by atoms with E-state index in [1.807, 2.05) is 32.0 Å². The van der Waals surface area contributed by atoms with Gasteiger partial charge in [0.05, 0.1) is 16.1 Å². The van der Waals surface area contributed by atoms with E-state index in [2.05, 4.69) is 10.3 Å². The van der Waals surface area contributed by atoms with Gasteiger partial charge in [0.25, 0.3) is 5.91 Å². The summed E-state index contributed by atoms with van der Waals surface area (Å²) < 4.78 is 5.49. The van der Waals surface area contributed by atoms with E-state index in [0.717, 1.165) is 22.2 Å². The molecule has 0 saturated heterocycles. The number of aliphatic hydroxyl groups excluding tert-OH is 1. The zero-order valence-electron chi connectivity index (χ0n) is 15.5. The topological polar surface area (TPSA) is 71.5 Å². The number of ether oxygens (including phenoxy) is 1. The number of hydrogen-bond acceptors (Lipinski definition) is 4. The molecule has 0 aliphatic rings. The second kappa shape index (κ2) is 8.78. The molecule has 0 aliphatic heterocycles. The fourth-order valence-electron chi connectivity index (χ4n) is 2.81. The fraction of sp³-hybridized carbons (Fsp3) is 0.238. The van der Waals surface area contributed by atoms with Gasteiger partial charge in [0.15, 0.2) is 0 Å². The van der Waals surface area contributed by atoms with Gasteiger partial charge in [-0.3, -0.25) is 9.78 Å². The third kappa shape index (κ3) is 4.73. The van der Waals surface area contributed by atoms with Gasteiger partial charge >= 0.3 is 0 Å². The molecule has 1 atom stereocenters. The van der Waals surface area contributed by atoms with Gasteiger partial charge < -0.3 is 15.2 Å². The van der Waals surface area contributed by atoms with E-state index in [9.17, 15) is 9.90 Å². The lowest BCUT2D eigenvalue weighted by Gasteiger charge is -2.15. The summed E-state index contributed by atoms with van der Waals surface area (Å²) in [6.07, 6.45) is -0.907. The number of benzene rings is 2. The largest absolute Gasteiger partial charge is 0.489 e. The molecule has 1 unspecified atom stereocenters. The van der Waals surface area contributed by atoms with Crippen LogP contribution in [-0.2, 0) is 0 Å². The summed E-state index contributed by atoms with van der Waals surface area (Å²) in [5, 5.41) is 14.3. The van der Waals surface area contributed by atoms with Crippen LogP contribution in [0.15, 0.2) is 42.5 Å². The molecule has 5 nitrogen and oxygen atoms in total. The molecule has 2 aromatic carbocycles. The van der Waals surface area contributed by atoms with Gasteiger partial charge in [0.1, 0.15) is 23.5 Å².